The number of thioether (sulfide) groups is 1. The average Bonchev–Trinajstić information content (AvgIpc) is 2.43. The molecule has 4 heteroatoms. The Kier molecular flexibility index (Phi) is 11.5. The second-order valence-electron chi connectivity index (χ2n) is 4.32. The standard InChI is InChI=1S/C8H15NO.C7H7S.Li/c1-2-5-9-6-3-8(10)4-7-9;1-8-7-5-3-2-4-6-7;/h2-7H2,1H3;2-3,5-6H,1H3;/q;-1;+1. The summed E-state index contributed by atoms with van der Waals surface area (Å²) in [6.07, 6.45) is 4.82. The third-order valence-electron chi connectivity index (χ3n) is 2.87. The Hall–Kier alpha value is -0.203. The topological polar surface area (TPSA) is 20.3 Å². The molecule has 0 amide bonds. The molecule has 100 valence electrons. The number of rotatable bonds is 3. The SMILES string of the molecule is CCCN1CCC(=O)CC1.CSc1c[c-]ccc1.[Li+]. The van der Waals surface area contributed by atoms with Crippen molar-refractivity contribution in [2.24, 2.45) is 0 Å². The first-order valence-corrected chi connectivity index (χ1v) is 7.73. The summed E-state index contributed by atoms with van der Waals surface area (Å²) in [7, 11) is 0. The molecular weight excluding hydrogens is 249 g/mol. The number of hydrogen-bond acceptors (Lipinski definition) is 3. The fourth-order valence-corrected chi connectivity index (χ4v) is 2.25. The Morgan fingerprint density at radius 3 is 2.47 bits per heavy atom. The number of carbonyl (C=O) groups excluding carboxylic acids is 1. The molecule has 0 atom stereocenters. The van der Waals surface area contributed by atoms with Crippen LogP contribution in [-0.4, -0.2) is 36.6 Å². The third-order valence-corrected chi connectivity index (χ3v) is 3.59. The van der Waals surface area contributed by atoms with E-state index >= 15 is 0 Å². The predicted octanol–water partition coefficient (Wildman–Crippen LogP) is 0.274. The Bertz CT molecular complexity index is 335. The molecule has 0 saturated carbocycles. The summed E-state index contributed by atoms with van der Waals surface area (Å²) in [6, 6.07) is 10.9. The number of carbonyl (C=O) groups is 1. The van der Waals surface area contributed by atoms with Crippen molar-refractivity contribution in [3.8, 4) is 0 Å². The van der Waals surface area contributed by atoms with Crippen LogP contribution in [-0.2, 0) is 4.79 Å². The molecule has 0 unspecified atom stereocenters. The first-order chi connectivity index (χ1) is 8.76. The van der Waals surface area contributed by atoms with E-state index in [1.165, 1.54) is 11.3 Å². The Balaban J connectivity index is 0.000000331. The Morgan fingerprint density at radius 2 is 2.05 bits per heavy atom. The molecule has 1 heterocycles. The van der Waals surface area contributed by atoms with E-state index in [0.29, 0.717) is 5.78 Å². The molecule has 0 bridgehead atoms. The van der Waals surface area contributed by atoms with Crippen LogP contribution in [0.5, 0.6) is 0 Å². The number of nitrogens with zero attached hydrogens (tertiary/aromatic N) is 1. The van der Waals surface area contributed by atoms with Gasteiger partial charge in [-0.3, -0.25) is 4.79 Å². The number of piperidine rings is 1. The Morgan fingerprint density at radius 1 is 1.37 bits per heavy atom. The van der Waals surface area contributed by atoms with E-state index in [1.807, 2.05) is 18.2 Å². The number of ketones is 1. The van der Waals surface area contributed by atoms with Gasteiger partial charge in [-0.2, -0.15) is 42.1 Å². The maximum Gasteiger partial charge on any atom is 1.00 e. The summed E-state index contributed by atoms with van der Waals surface area (Å²) >= 11 is 1.74. The molecule has 1 aromatic rings. The van der Waals surface area contributed by atoms with E-state index in [0.717, 1.165) is 32.5 Å². The van der Waals surface area contributed by atoms with Gasteiger partial charge in [0.2, 0.25) is 0 Å². The fraction of sp³-hybridized carbons (Fsp3) is 0.533. The average molecular weight is 271 g/mol. The van der Waals surface area contributed by atoms with Crippen LogP contribution in [0.1, 0.15) is 26.2 Å². The number of Topliss-reactive ketones (excluding diaryl/α,β-unsaturated/α-hetero) is 1. The van der Waals surface area contributed by atoms with E-state index in [-0.39, 0.29) is 18.9 Å². The molecule has 0 N–H and O–H groups in total. The molecule has 1 aliphatic rings. The monoisotopic (exact) mass is 271 g/mol. The summed E-state index contributed by atoms with van der Waals surface area (Å²) in [5.41, 5.74) is 0. The van der Waals surface area contributed by atoms with Crippen molar-refractivity contribution >= 4 is 17.5 Å². The van der Waals surface area contributed by atoms with Crippen molar-refractivity contribution in [3.05, 3.63) is 30.3 Å². The van der Waals surface area contributed by atoms with Gasteiger partial charge in [-0.05, 0) is 19.2 Å². The smallest absolute Gasteiger partial charge is 0.302 e. The van der Waals surface area contributed by atoms with Crippen LogP contribution < -0.4 is 18.9 Å². The van der Waals surface area contributed by atoms with Gasteiger partial charge in [0.1, 0.15) is 5.78 Å². The zero-order valence-corrected chi connectivity index (χ0v) is 13.1. The van der Waals surface area contributed by atoms with E-state index in [1.54, 1.807) is 11.8 Å². The van der Waals surface area contributed by atoms with Gasteiger partial charge in [0.05, 0.1) is 0 Å². The second kappa shape index (κ2) is 11.6. The second-order valence-corrected chi connectivity index (χ2v) is 5.20. The van der Waals surface area contributed by atoms with Gasteiger partial charge in [-0.15, -0.1) is 4.90 Å². The molecule has 19 heavy (non-hydrogen) atoms. The van der Waals surface area contributed by atoms with Crippen LogP contribution in [0.15, 0.2) is 29.2 Å². The van der Waals surface area contributed by atoms with Crippen LogP contribution in [0.4, 0.5) is 0 Å². The molecule has 2 rings (SSSR count). The molecule has 0 radical (unpaired) electrons. The molecule has 0 aromatic heterocycles. The largest absolute Gasteiger partial charge is 1.00 e. The molecule has 0 aliphatic carbocycles. The van der Waals surface area contributed by atoms with Gasteiger partial charge in [0, 0.05) is 25.9 Å². The van der Waals surface area contributed by atoms with Crippen LogP contribution in [0.25, 0.3) is 0 Å². The number of benzene rings is 1. The Labute approximate surface area is 133 Å². The van der Waals surface area contributed by atoms with Crippen LogP contribution >= 0.6 is 11.8 Å². The summed E-state index contributed by atoms with van der Waals surface area (Å²) in [5.74, 6) is 0.437. The van der Waals surface area contributed by atoms with Crippen molar-refractivity contribution in [2.45, 2.75) is 31.1 Å². The van der Waals surface area contributed by atoms with Crippen LogP contribution in [0.3, 0.4) is 0 Å². The zero-order chi connectivity index (χ0) is 13.2. The van der Waals surface area contributed by atoms with E-state index in [4.69, 9.17) is 0 Å². The van der Waals surface area contributed by atoms with E-state index in [9.17, 15) is 4.79 Å². The molecule has 0 spiro atoms. The first kappa shape index (κ1) is 18.8. The van der Waals surface area contributed by atoms with E-state index < -0.39 is 0 Å². The summed E-state index contributed by atoms with van der Waals surface area (Å²) in [5, 5.41) is 0. The summed E-state index contributed by atoms with van der Waals surface area (Å²) in [4.78, 5) is 14.4. The van der Waals surface area contributed by atoms with Gasteiger partial charge in [-0.1, -0.05) is 6.92 Å². The van der Waals surface area contributed by atoms with Gasteiger partial charge in [0.25, 0.3) is 0 Å². The van der Waals surface area contributed by atoms with Gasteiger partial charge in [-0.25, -0.2) is 0 Å². The number of likely N-dealkylation sites (tertiary alicyclic amines) is 1. The quantitative estimate of drug-likeness (QED) is 0.447. The fourth-order valence-electron chi connectivity index (χ4n) is 1.85. The predicted molar refractivity (Wildman–Crippen MR) is 78.0 cm³/mol. The zero-order valence-electron chi connectivity index (χ0n) is 12.3. The minimum absolute atomic E-state index is 0. The van der Waals surface area contributed by atoms with Crippen LogP contribution in [0, 0.1) is 6.07 Å². The van der Waals surface area contributed by atoms with Crippen LogP contribution in [0.2, 0.25) is 0 Å². The summed E-state index contributed by atoms with van der Waals surface area (Å²) in [6.45, 7) is 5.32. The van der Waals surface area contributed by atoms with Crippen molar-refractivity contribution in [2.75, 3.05) is 25.9 Å². The summed E-state index contributed by atoms with van der Waals surface area (Å²) < 4.78 is 0. The number of hydrogen-bond donors (Lipinski definition) is 0. The molecular formula is C15H22LiNOS. The molecule has 1 fully saturated rings. The minimum Gasteiger partial charge on any atom is -0.302 e. The maximum absolute atomic E-state index is 10.8. The van der Waals surface area contributed by atoms with Crippen molar-refractivity contribution in [1.29, 1.82) is 0 Å². The molecule has 2 nitrogen and oxygen atoms in total. The van der Waals surface area contributed by atoms with Gasteiger partial charge >= 0.3 is 18.9 Å². The molecule has 1 saturated heterocycles. The van der Waals surface area contributed by atoms with Crippen molar-refractivity contribution < 1.29 is 23.7 Å². The van der Waals surface area contributed by atoms with Gasteiger partial charge in [0.15, 0.2) is 0 Å². The van der Waals surface area contributed by atoms with E-state index in [2.05, 4.69) is 30.2 Å². The van der Waals surface area contributed by atoms with Gasteiger partial charge < -0.3 is 4.90 Å². The molecule has 1 aromatic carbocycles. The minimum atomic E-state index is 0. The third kappa shape index (κ3) is 8.55. The normalized spacial score (nSPS) is 15.2. The first-order valence-electron chi connectivity index (χ1n) is 6.50. The van der Waals surface area contributed by atoms with Crippen molar-refractivity contribution in [1.82, 2.24) is 4.90 Å². The molecule has 1 aliphatic heterocycles. The van der Waals surface area contributed by atoms with Crippen molar-refractivity contribution in [3.63, 3.8) is 0 Å². The maximum atomic E-state index is 10.8.